The van der Waals surface area contributed by atoms with Gasteiger partial charge in [0.2, 0.25) is 5.95 Å². The summed E-state index contributed by atoms with van der Waals surface area (Å²) >= 11 is 1.24. The lowest BCUT2D eigenvalue weighted by atomic mass is 10.1. The van der Waals surface area contributed by atoms with Crippen molar-refractivity contribution in [3.05, 3.63) is 95.5 Å². The number of anilines is 4. The molecule has 0 saturated heterocycles. The van der Waals surface area contributed by atoms with Crippen molar-refractivity contribution in [1.82, 2.24) is 9.97 Å². The summed E-state index contributed by atoms with van der Waals surface area (Å²) < 4.78 is 86.7. The maximum Gasteiger partial charge on any atom is 0.416 e. The maximum atomic E-state index is 15.1. The number of rotatable bonds is 10. The van der Waals surface area contributed by atoms with Gasteiger partial charge in [-0.3, -0.25) is 4.21 Å². The van der Waals surface area contributed by atoms with Gasteiger partial charge in [-0.25, -0.2) is 28.3 Å². The fraction of sp³-hybridized carbons (Fsp3) is 0.156. The van der Waals surface area contributed by atoms with Gasteiger partial charge >= 0.3 is 18.2 Å². The second-order valence-corrected chi connectivity index (χ2v) is 13.3. The number of urea groups is 1. The number of benzene rings is 3. The number of hydrogen-bond acceptors (Lipinski definition) is 8. The van der Waals surface area contributed by atoms with Gasteiger partial charge in [0.15, 0.2) is 0 Å². The Hall–Kier alpha value is -4.96. The lowest BCUT2D eigenvalue weighted by Crippen LogP contribution is -2.21. The van der Waals surface area contributed by atoms with Gasteiger partial charge in [0.05, 0.1) is 28.9 Å². The third kappa shape index (κ3) is 8.49. The van der Waals surface area contributed by atoms with E-state index >= 15 is 4.39 Å². The number of aromatic nitrogens is 2. The lowest BCUT2D eigenvalue weighted by Gasteiger charge is -2.14. The van der Waals surface area contributed by atoms with Gasteiger partial charge in [-0.15, -0.1) is 11.8 Å². The number of nitrogens with one attached hydrogen (secondary N) is 3. The van der Waals surface area contributed by atoms with Gasteiger partial charge < -0.3 is 20.7 Å². The van der Waals surface area contributed by atoms with E-state index < -0.39 is 50.6 Å². The maximum absolute atomic E-state index is 15.1. The van der Waals surface area contributed by atoms with E-state index in [2.05, 4.69) is 27.2 Å². The third-order valence-electron chi connectivity index (χ3n) is 6.52. The van der Waals surface area contributed by atoms with E-state index in [9.17, 15) is 31.4 Å². The van der Waals surface area contributed by atoms with Crippen LogP contribution in [0.1, 0.15) is 19.4 Å². The Bertz CT molecular complexity index is 2010. The predicted octanol–water partition coefficient (Wildman–Crippen LogP) is 8.09. The summed E-state index contributed by atoms with van der Waals surface area (Å²) in [4.78, 5) is 33.9. The number of alkyl halides is 3. The summed E-state index contributed by atoms with van der Waals surface area (Å²) in [7, 11) is -3.12. The van der Waals surface area contributed by atoms with Crippen LogP contribution in [0.15, 0.2) is 88.3 Å². The lowest BCUT2D eigenvalue weighted by molar-refractivity contribution is -0.137. The first kappa shape index (κ1) is 35.9. The molecule has 1 atom stereocenters. The quantitative estimate of drug-likeness (QED) is 0.0498. The Morgan fingerprint density at radius 2 is 1.75 bits per heavy atom. The SMILES string of the molecule is C=C(C)S(=O)(=CC(=O)OCC)c1cccc(Nc2ncc(-c3ccc(NC(=O)Nc4cc(C(F)(F)F)ccc4F)c(F)c3)c(SC)n2)c1. The first-order valence-corrected chi connectivity index (χ1v) is 16.7. The van der Waals surface area contributed by atoms with Crippen LogP contribution in [0.25, 0.3) is 11.1 Å². The summed E-state index contributed by atoms with van der Waals surface area (Å²) in [5, 5.41) is 8.59. The molecule has 0 spiro atoms. The van der Waals surface area contributed by atoms with Crippen molar-refractivity contribution in [1.29, 1.82) is 0 Å². The molecule has 9 nitrogen and oxygen atoms in total. The van der Waals surface area contributed by atoms with E-state index in [1.165, 1.54) is 30.1 Å². The second kappa shape index (κ2) is 14.9. The van der Waals surface area contributed by atoms with E-state index in [0.717, 1.165) is 11.4 Å². The van der Waals surface area contributed by atoms with Crippen molar-refractivity contribution in [2.75, 3.05) is 28.8 Å². The molecule has 1 aromatic heterocycles. The molecule has 3 aromatic carbocycles. The molecule has 252 valence electrons. The van der Waals surface area contributed by atoms with Gasteiger partial charge in [-0.1, -0.05) is 18.7 Å². The van der Waals surface area contributed by atoms with Crippen molar-refractivity contribution < 1.29 is 40.5 Å². The largest absolute Gasteiger partial charge is 0.462 e. The Morgan fingerprint density at radius 1 is 1.02 bits per heavy atom. The average molecular weight is 706 g/mol. The average Bonchev–Trinajstić information content (AvgIpc) is 3.02. The Balaban J connectivity index is 1.53. The van der Waals surface area contributed by atoms with E-state index in [0.29, 0.717) is 44.9 Å². The molecule has 0 aliphatic heterocycles. The highest BCUT2D eigenvalue weighted by atomic mass is 32.2. The Morgan fingerprint density at radius 3 is 2.40 bits per heavy atom. The van der Waals surface area contributed by atoms with Crippen LogP contribution in [0.5, 0.6) is 0 Å². The number of amides is 2. The number of thioether (sulfide) groups is 1. The highest BCUT2D eigenvalue weighted by molar-refractivity contribution is 8.05. The monoisotopic (exact) mass is 705 g/mol. The van der Waals surface area contributed by atoms with Crippen LogP contribution >= 0.6 is 11.8 Å². The molecule has 0 bridgehead atoms. The molecule has 4 rings (SSSR count). The molecule has 4 aromatic rings. The standard InChI is InChI=1S/C32H28F5N5O4S2/c1-5-46-28(43)17-48(45,18(2)3)22-8-6-7-21(15-22)39-30-38-16-23(29(42-30)47-4)19-9-12-26(25(34)13-19)40-31(44)41-27-14-20(32(35,36)37)10-11-24(27)33/h6-17H,2,5H2,1,3-4H3,(H,38,39,42)(H2,40,41,44). The molecule has 0 radical (unpaired) electrons. The number of esters is 1. The molecule has 0 aliphatic rings. The summed E-state index contributed by atoms with van der Waals surface area (Å²) in [6, 6.07) is 10.6. The molecule has 0 fully saturated rings. The van der Waals surface area contributed by atoms with Gasteiger partial charge in [0, 0.05) is 36.8 Å². The van der Waals surface area contributed by atoms with Gasteiger partial charge in [-0.05, 0) is 74.2 Å². The minimum absolute atomic E-state index is 0.118. The molecular weight excluding hydrogens is 678 g/mol. The highest BCUT2D eigenvalue weighted by Crippen LogP contribution is 2.33. The van der Waals surface area contributed by atoms with Gasteiger partial charge in [-0.2, -0.15) is 13.2 Å². The van der Waals surface area contributed by atoms with Gasteiger partial charge in [0.1, 0.15) is 16.7 Å². The Kier molecular flexibility index (Phi) is 11.1. The van der Waals surface area contributed by atoms with Crippen molar-refractivity contribution in [2.45, 2.75) is 29.9 Å². The van der Waals surface area contributed by atoms with Gasteiger partial charge in [0.25, 0.3) is 0 Å². The summed E-state index contributed by atoms with van der Waals surface area (Å²) in [6.07, 6.45) is -1.57. The summed E-state index contributed by atoms with van der Waals surface area (Å²) in [6.45, 7) is 7.09. The van der Waals surface area contributed by atoms with Crippen LogP contribution in [0.3, 0.4) is 0 Å². The first-order chi connectivity index (χ1) is 22.6. The first-order valence-electron chi connectivity index (χ1n) is 13.9. The van der Waals surface area contributed by atoms with E-state index in [1.807, 2.05) is 5.32 Å². The third-order valence-corrected chi connectivity index (χ3v) is 9.74. The van der Waals surface area contributed by atoms with Crippen molar-refractivity contribution in [3.8, 4) is 11.1 Å². The molecule has 3 N–H and O–H groups in total. The summed E-state index contributed by atoms with van der Waals surface area (Å²) in [5.41, 5.74) is -0.980. The topological polar surface area (TPSA) is 122 Å². The normalized spacial score (nSPS) is 12.4. The van der Waals surface area contributed by atoms with Crippen LogP contribution < -0.4 is 16.0 Å². The van der Waals surface area contributed by atoms with E-state index in [1.54, 1.807) is 44.4 Å². The zero-order valence-corrected chi connectivity index (χ0v) is 27.2. The molecule has 0 aliphatic carbocycles. The van der Waals surface area contributed by atoms with Crippen LogP contribution in [-0.2, 0) is 25.2 Å². The molecule has 48 heavy (non-hydrogen) atoms. The zero-order chi connectivity index (χ0) is 35.2. The van der Waals surface area contributed by atoms with Crippen molar-refractivity contribution in [2.24, 2.45) is 0 Å². The van der Waals surface area contributed by atoms with Crippen LogP contribution in [0.4, 0.5) is 49.8 Å². The molecule has 0 saturated carbocycles. The van der Waals surface area contributed by atoms with Crippen LogP contribution in [-0.4, -0.2) is 44.4 Å². The smallest absolute Gasteiger partial charge is 0.416 e. The predicted molar refractivity (Wildman–Crippen MR) is 177 cm³/mol. The van der Waals surface area contributed by atoms with Crippen molar-refractivity contribution in [3.63, 3.8) is 0 Å². The molecule has 2 amide bonds. The highest BCUT2D eigenvalue weighted by Gasteiger charge is 2.31. The number of allylic oxidation sites excluding steroid dienone is 1. The van der Waals surface area contributed by atoms with Crippen molar-refractivity contribution >= 4 is 61.7 Å². The number of nitrogens with zero attached hydrogens (tertiary/aromatic N) is 2. The Labute approximate surface area is 277 Å². The number of ether oxygens (including phenoxy) is 1. The number of carbonyl (C=O) groups excluding carboxylic acids is 2. The number of carbonyl (C=O) groups is 2. The minimum atomic E-state index is -4.76. The number of halogens is 5. The number of hydrogen-bond donors (Lipinski definition) is 3. The fourth-order valence-electron chi connectivity index (χ4n) is 4.21. The molecular formula is C32H28F5N5O4S2. The van der Waals surface area contributed by atoms with E-state index in [-0.39, 0.29) is 23.1 Å². The molecule has 1 unspecified atom stereocenters. The zero-order valence-electron chi connectivity index (χ0n) is 25.6. The summed E-state index contributed by atoms with van der Waals surface area (Å²) in [5.74, 6) is -2.57. The molecule has 16 heteroatoms. The van der Waals surface area contributed by atoms with E-state index in [4.69, 9.17) is 4.74 Å². The fourth-order valence-corrected chi connectivity index (χ4v) is 6.44. The van der Waals surface area contributed by atoms with Crippen LogP contribution in [0.2, 0.25) is 0 Å². The molecule has 1 heterocycles. The second-order valence-electron chi connectivity index (χ2n) is 9.91. The minimum Gasteiger partial charge on any atom is -0.462 e. The van der Waals surface area contributed by atoms with Crippen LogP contribution in [0, 0.1) is 11.6 Å².